The Kier molecular flexibility index (Phi) is 9.64. The lowest BCUT2D eigenvalue weighted by Gasteiger charge is -2.23. The zero-order valence-corrected chi connectivity index (χ0v) is 25.8. The number of ether oxygens (including phenoxy) is 4. The molecular formula is C31H30ClN7O7. The fourth-order valence-corrected chi connectivity index (χ4v) is 5.37. The Morgan fingerprint density at radius 2 is 1.63 bits per heavy atom. The van der Waals surface area contributed by atoms with Crippen LogP contribution in [0.2, 0.25) is 5.02 Å². The van der Waals surface area contributed by atoms with Gasteiger partial charge in [-0.25, -0.2) is 4.98 Å². The smallest absolute Gasteiger partial charge is 0.303 e. The summed E-state index contributed by atoms with van der Waals surface area (Å²) in [6.45, 7) is 3.67. The predicted octanol–water partition coefficient (Wildman–Crippen LogP) is 3.50. The Morgan fingerprint density at radius 3 is 2.24 bits per heavy atom. The molecule has 0 spiro atoms. The van der Waals surface area contributed by atoms with Gasteiger partial charge in [0, 0.05) is 43.9 Å². The minimum absolute atomic E-state index is 0.165. The second-order valence-corrected chi connectivity index (χ2v) is 10.9. The van der Waals surface area contributed by atoms with Crippen LogP contribution in [0.4, 0.5) is 11.5 Å². The highest BCUT2D eigenvalue weighted by Gasteiger charge is 2.51. The maximum Gasteiger partial charge on any atom is 0.303 e. The second-order valence-electron chi connectivity index (χ2n) is 10.5. The number of carbonyl (C=O) groups is 3. The van der Waals surface area contributed by atoms with Crippen LogP contribution in [0.25, 0.3) is 11.2 Å². The van der Waals surface area contributed by atoms with Crippen LogP contribution in [0.1, 0.15) is 49.9 Å². The predicted molar refractivity (Wildman–Crippen MR) is 164 cm³/mol. The SMILES string of the molecule is CC(=O)OC[C@H]1O[C@@H](n2cnc3c(NCC(c4ccc(N)cc4)c4ccc(Cl)cc4)nc(C#N)nc32)[C@H](OC(C)=O)[C@@H]1OC(C)=O. The van der Waals surface area contributed by atoms with Gasteiger partial charge in [-0.3, -0.25) is 19.0 Å². The van der Waals surface area contributed by atoms with Crippen molar-refractivity contribution >= 4 is 52.2 Å². The number of esters is 3. The molecule has 0 radical (unpaired) electrons. The van der Waals surface area contributed by atoms with E-state index in [1.807, 2.05) is 42.5 Å². The zero-order chi connectivity index (χ0) is 33.0. The van der Waals surface area contributed by atoms with E-state index >= 15 is 0 Å². The number of rotatable bonds is 10. The third-order valence-corrected chi connectivity index (χ3v) is 7.47. The van der Waals surface area contributed by atoms with Crippen molar-refractivity contribution in [1.29, 1.82) is 5.26 Å². The molecule has 0 saturated carbocycles. The molecule has 1 saturated heterocycles. The van der Waals surface area contributed by atoms with Crippen molar-refractivity contribution in [1.82, 2.24) is 19.5 Å². The summed E-state index contributed by atoms with van der Waals surface area (Å²) in [7, 11) is 0. The van der Waals surface area contributed by atoms with Crippen LogP contribution < -0.4 is 11.1 Å². The average Bonchev–Trinajstić information content (AvgIpc) is 3.58. The van der Waals surface area contributed by atoms with Crippen LogP contribution >= 0.6 is 11.6 Å². The normalized spacial score (nSPS) is 19.6. The van der Waals surface area contributed by atoms with Crippen LogP contribution in [-0.4, -0.2) is 68.9 Å². The number of nitriles is 1. The molecule has 14 nitrogen and oxygen atoms in total. The van der Waals surface area contributed by atoms with E-state index in [1.165, 1.54) is 31.7 Å². The van der Waals surface area contributed by atoms with Gasteiger partial charge in [0.15, 0.2) is 35.4 Å². The van der Waals surface area contributed by atoms with Crippen molar-refractivity contribution < 1.29 is 33.3 Å². The van der Waals surface area contributed by atoms with Crippen molar-refractivity contribution in [2.75, 3.05) is 24.2 Å². The summed E-state index contributed by atoms with van der Waals surface area (Å²) in [5.74, 6) is -1.98. The molecule has 0 aliphatic carbocycles. The van der Waals surface area contributed by atoms with Crippen LogP contribution in [-0.2, 0) is 33.3 Å². The fourth-order valence-electron chi connectivity index (χ4n) is 5.24. The highest BCUT2D eigenvalue weighted by Crippen LogP contribution is 2.37. The summed E-state index contributed by atoms with van der Waals surface area (Å²) in [5, 5.41) is 13.7. The van der Waals surface area contributed by atoms with E-state index < -0.39 is 42.4 Å². The van der Waals surface area contributed by atoms with E-state index in [9.17, 15) is 19.6 Å². The van der Waals surface area contributed by atoms with Gasteiger partial charge in [0.25, 0.3) is 0 Å². The minimum Gasteiger partial charge on any atom is -0.463 e. The number of imidazole rings is 1. The van der Waals surface area contributed by atoms with Crippen molar-refractivity contribution in [3.05, 3.63) is 76.8 Å². The van der Waals surface area contributed by atoms with Gasteiger partial charge in [-0.2, -0.15) is 15.2 Å². The molecule has 46 heavy (non-hydrogen) atoms. The first-order chi connectivity index (χ1) is 22.0. The molecule has 0 bridgehead atoms. The molecule has 1 unspecified atom stereocenters. The van der Waals surface area contributed by atoms with Crippen molar-refractivity contribution in [2.24, 2.45) is 0 Å². The van der Waals surface area contributed by atoms with Crippen LogP contribution in [0.3, 0.4) is 0 Å². The number of aromatic nitrogens is 4. The molecule has 3 N–H and O–H groups in total. The topological polar surface area (TPSA) is 194 Å². The summed E-state index contributed by atoms with van der Waals surface area (Å²) in [5.41, 5.74) is 8.97. The largest absolute Gasteiger partial charge is 0.463 e. The molecule has 4 aromatic rings. The molecular weight excluding hydrogens is 618 g/mol. The zero-order valence-electron chi connectivity index (χ0n) is 25.0. The van der Waals surface area contributed by atoms with Gasteiger partial charge in [0.2, 0.25) is 5.82 Å². The van der Waals surface area contributed by atoms with E-state index in [2.05, 4.69) is 20.3 Å². The lowest BCUT2D eigenvalue weighted by atomic mass is 9.91. The van der Waals surface area contributed by atoms with Crippen molar-refractivity contribution in [3.63, 3.8) is 0 Å². The Bertz CT molecular complexity index is 1740. The quantitative estimate of drug-likeness (QED) is 0.144. The number of nitrogens with two attached hydrogens (primary N) is 1. The van der Waals surface area contributed by atoms with Gasteiger partial charge in [-0.1, -0.05) is 35.9 Å². The van der Waals surface area contributed by atoms with E-state index in [0.29, 0.717) is 22.8 Å². The Balaban J connectivity index is 1.52. The number of hydrogen-bond acceptors (Lipinski definition) is 13. The standard InChI is InChI=1S/C31H30ClN7O7/c1-16(40)43-14-24-27(44-17(2)41)28(45-18(3)42)31(46-24)39-15-36-26-29(37-25(12-33)38-30(26)39)35-13-23(19-4-8-21(32)9-5-19)20-6-10-22(34)11-7-20/h4-11,15,23-24,27-28,31H,13-14,34H2,1-3H3,(H,35,37,38)/t23?,24-,27-,28-,31-/m1/s1. The number of nitrogens with zero attached hydrogens (tertiary/aromatic N) is 5. The molecule has 1 aliphatic heterocycles. The number of anilines is 2. The third-order valence-electron chi connectivity index (χ3n) is 7.22. The summed E-state index contributed by atoms with van der Waals surface area (Å²) in [6.07, 6.45) is -3.02. The average molecular weight is 648 g/mol. The van der Waals surface area contributed by atoms with Gasteiger partial charge in [-0.15, -0.1) is 0 Å². The first kappa shape index (κ1) is 32.1. The van der Waals surface area contributed by atoms with E-state index in [0.717, 1.165) is 11.1 Å². The maximum absolute atomic E-state index is 12.1. The molecule has 1 aliphatic rings. The number of benzene rings is 2. The van der Waals surface area contributed by atoms with E-state index in [4.69, 9.17) is 36.3 Å². The lowest BCUT2D eigenvalue weighted by molar-refractivity contribution is -0.166. The third kappa shape index (κ3) is 7.17. The molecule has 0 amide bonds. The number of carbonyl (C=O) groups excluding carboxylic acids is 3. The van der Waals surface area contributed by atoms with E-state index in [1.54, 1.807) is 12.1 Å². The molecule has 2 aromatic carbocycles. The van der Waals surface area contributed by atoms with E-state index in [-0.39, 0.29) is 29.8 Å². The molecule has 2 aromatic heterocycles. The van der Waals surface area contributed by atoms with Crippen molar-refractivity contribution in [2.45, 2.75) is 51.2 Å². The molecule has 238 valence electrons. The van der Waals surface area contributed by atoms with Crippen LogP contribution in [0, 0.1) is 11.3 Å². The Morgan fingerprint density at radius 1 is 1.00 bits per heavy atom. The van der Waals surface area contributed by atoms with Gasteiger partial charge in [0.05, 0.1) is 6.33 Å². The number of nitrogens with one attached hydrogen (secondary N) is 1. The number of halogens is 1. The molecule has 5 rings (SSSR count). The van der Waals surface area contributed by atoms with Gasteiger partial charge in [-0.05, 0) is 35.4 Å². The molecule has 1 fully saturated rings. The summed E-state index contributed by atoms with van der Waals surface area (Å²) in [4.78, 5) is 48.9. The minimum atomic E-state index is -1.17. The Labute approximate surface area is 268 Å². The number of nitrogen functional groups attached to an aromatic ring is 1. The van der Waals surface area contributed by atoms with Gasteiger partial charge < -0.3 is 30.0 Å². The molecule has 5 atom stereocenters. The van der Waals surface area contributed by atoms with Crippen LogP contribution in [0.5, 0.6) is 0 Å². The summed E-state index contributed by atoms with van der Waals surface area (Å²) < 4.78 is 23.7. The van der Waals surface area contributed by atoms with Crippen molar-refractivity contribution in [3.8, 4) is 6.07 Å². The van der Waals surface area contributed by atoms with Gasteiger partial charge >= 0.3 is 17.9 Å². The monoisotopic (exact) mass is 647 g/mol. The lowest BCUT2D eigenvalue weighted by Crippen LogP contribution is -2.40. The highest BCUT2D eigenvalue weighted by atomic mass is 35.5. The fraction of sp³-hybridized carbons (Fsp3) is 0.323. The Hall–Kier alpha value is -5.26. The maximum atomic E-state index is 12.1. The number of hydrogen-bond donors (Lipinski definition) is 2. The number of fused-ring (bicyclic) bond motifs is 1. The highest BCUT2D eigenvalue weighted by molar-refractivity contribution is 6.30. The van der Waals surface area contributed by atoms with Crippen LogP contribution in [0.15, 0.2) is 54.9 Å². The molecule has 15 heteroatoms. The first-order valence-electron chi connectivity index (χ1n) is 14.2. The summed E-state index contributed by atoms with van der Waals surface area (Å²) in [6, 6.07) is 16.9. The van der Waals surface area contributed by atoms with Gasteiger partial charge in [0.1, 0.15) is 18.8 Å². The second kappa shape index (κ2) is 13.8. The first-order valence-corrected chi connectivity index (χ1v) is 14.5. The summed E-state index contributed by atoms with van der Waals surface area (Å²) >= 11 is 6.15. The molecule has 3 heterocycles.